The lowest BCUT2D eigenvalue weighted by Gasteiger charge is -2.04. The van der Waals surface area contributed by atoms with Crippen LogP contribution in [0.3, 0.4) is 0 Å². The molecule has 1 rings (SSSR count). The number of aryl methyl sites for hydroxylation is 1. The smallest absolute Gasteiger partial charge is 0.316 e. The Kier molecular flexibility index (Phi) is 6.15. The zero-order valence-corrected chi connectivity index (χ0v) is 10.5. The second kappa shape index (κ2) is 7.71. The van der Waals surface area contributed by atoms with Gasteiger partial charge in [0.1, 0.15) is 0 Å². The largest absolute Gasteiger partial charge is 0.351 e. The van der Waals surface area contributed by atoms with Gasteiger partial charge < -0.3 is 11.1 Å². The number of hydrogen-bond acceptors (Lipinski definition) is 1. The number of unbranched alkanes of at least 4 members (excludes halogenated alkanes) is 4. The van der Waals surface area contributed by atoms with Crippen LogP contribution in [0.1, 0.15) is 44.6 Å². The van der Waals surface area contributed by atoms with Gasteiger partial charge in [-0.1, -0.05) is 44.7 Å². The number of urea groups is 1. The van der Waals surface area contributed by atoms with E-state index >= 15 is 0 Å². The first kappa shape index (κ1) is 13.6. The van der Waals surface area contributed by atoms with E-state index in [1.54, 1.807) is 0 Å². The number of nitrogens with two attached hydrogens (primary N) is 1. The maximum absolute atomic E-state index is 10.6. The van der Waals surface area contributed by atoms with Crippen molar-refractivity contribution in [3.05, 3.63) is 29.8 Å². The summed E-state index contributed by atoms with van der Waals surface area (Å²) in [6, 6.07) is 7.37. The third kappa shape index (κ3) is 5.95. The van der Waals surface area contributed by atoms with E-state index in [0.29, 0.717) is 0 Å². The SMILES string of the molecule is CCCCCCCc1ccc(NC(N)=O)cc1. The molecule has 0 aliphatic carbocycles. The number of rotatable bonds is 7. The number of hydrogen-bond donors (Lipinski definition) is 2. The number of benzene rings is 1. The fourth-order valence-corrected chi connectivity index (χ4v) is 1.83. The predicted octanol–water partition coefficient (Wildman–Crippen LogP) is 3.69. The number of carbonyl (C=O) groups excluding carboxylic acids is 1. The average Bonchev–Trinajstić information content (AvgIpc) is 2.30. The van der Waals surface area contributed by atoms with Crippen LogP contribution in [-0.4, -0.2) is 6.03 Å². The van der Waals surface area contributed by atoms with Crippen molar-refractivity contribution in [2.45, 2.75) is 45.4 Å². The van der Waals surface area contributed by atoms with Crippen LogP contribution in [-0.2, 0) is 6.42 Å². The number of amides is 2. The van der Waals surface area contributed by atoms with Crippen LogP contribution in [0.15, 0.2) is 24.3 Å². The molecule has 0 spiro atoms. The summed E-state index contributed by atoms with van der Waals surface area (Å²) in [6.45, 7) is 2.23. The van der Waals surface area contributed by atoms with Gasteiger partial charge in [-0.15, -0.1) is 0 Å². The van der Waals surface area contributed by atoms with Gasteiger partial charge in [-0.05, 0) is 30.5 Å². The molecular formula is C14H22N2O. The normalized spacial score (nSPS) is 10.2. The molecule has 0 aromatic heterocycles. The Bertz CT molecular complexity index is 333. The first-order chi connectivity index (χ1) is 8.22. The topological polar surface area (TPSA) is 55.1 Å². The lowest BCUT2D eigenvalue weighted by atomic mass is 10.1. The number of nitrogens with one attached hydrogen (secondary N) is 1. The molecule has 2 amide bonds. The lowest BCUT2D eigenvalue weighted by molar-refractivity contribution is 0.259. The standard InChI is InChI=1S/C14H22N2O/c1-2-3-4-5-6-7-12-8-10-13(11-9-12)16-14(15)17/h8-11H,2-7H2,1H3,(H3,15,16,17). The summed E-state index contributed by atoms with van der Waals surface area (Å²) in [7, 11) is 0. The van der Waals surface area contributed by atoms with Gasteiger partial charge in [0.15, 0.2) is 0 Å². The third-order valence-electron chi connectivity index (χ3n) is 2.79. The fourth-order valence-electron chi connectivity index (χ4n) is 1.83. The molecular weight excluding hydrogens is 212 g/mol. The van der Waals surface area contributed by atoms with Gasteiger partial charge in [-0.25, -0.2) is 4.79 Å². The van der Waals surface area contributed by atoms with Crippen LogP contribution in [0.2, 0.25) is 0 Å². The molecule has 0 fully saturated rings. The van der Waals surface area contributed by atoms with Crippen molar-refractivity contribution in [1.82, 2.24) is 0 Å². The predicted molar refractivity (Wildman–Crippen MR) is 72.1 cm³/mol. The minimum atomic E-state index is -0.516. The number of carbonyl (C=O) groups is 1. The van der Waals surface area contributed by atoms with Gasteiger partial charge in [0.25, 0.3) is 0 Å². The molecule has 94 valence electrons. The molecule has 0 aliphatic heterocycles. The van der Waals surface area contributed by atoms with Crippen molar-refractivity contribution in [2.24, 2.45) is 5.73 Å². The van der Waals surface area contributed by atoms with Gasteiger partial charge in [0, 0.05) is 5.69 Å². The Morgan fingerprint density at radius 2 is 1.76 bits per heavy atom. The molecule has 0 radical (unpaired) electrons. The van der Waals surface area contributed by atoms with Crippen molar-refractivity contribution < 1.29 is 4.79 Å². The van der Waals surface area contributed by atoms with Crippen molar-refractivity contribution in [1.29, 1.82) is 0 Å². The molecule has 0 heterocycles. The van der Waals surface area contributed by atoms with Crippen LogP contribution in [0.25, 0.3) is 0 Å². The van der Waals surface area contributed by atoms with E-state index in [1.807, 2.05) is 24.3 Å². The molecule has 3 heteroatoms. The molecule has 0 unspecified atom stereocenters. The monoisotopic (exact) mass is 234 g/mol. The molecule has 0 saturated carbocycles. The Balaban J connectivity index is 2.28. The minimum absolute atomic E-state index is 0.516. The van der Waals surface area contributed by atoms with Crippen molar-refractivity contribution in [3.63, 3.8) is 0 Å². The summed E-state index contributed by atoms with van der Waals surface area (Å²) in [5.41, 5.74) is 7.11. The molecule has 3 N–H and O–H groups in total. The molecule has 17 heavy (non-hydrogen) atoms. The van der Waals surface area contributed by atoms with E-state index in [0.717, 1.165) is 12.1 Å². The molecule has 0 saturated heterocycles. The summed E-state index contributed by atoms with van der Waals surface area (Å²) < 4.78 is 0. The molecule has 1 aromatic carbocycles. The maximum atomic E-state index is 10.6. The lowest BCUT2D eigenvalue weighted by Crippen LogP contribution is -2.19. The molecule has 1 aromatic rings. The zero-order chi connectivity index (χ0) is 12.5. The fraction of sp³-hybridized carbons (Fsp3) is 0.500. The summed E-state index contributed by atoms with van der Waals surface area (Å²) in [5, 5.41) is 2.55. The highest BCUT2D eigenvalue weighted by Crippen LogP contribution is 2.12. The summed E-state index contributed by atoms with van der Waals surface area (Å²) in [6.07, 6.45) is 7.60. The second-order valence-electron chi connectivity index (χ2n) is 4.35. The highest BCUT2D eigenvalue weighted by molar-refractivity contribution is 5.87. The maximum Gasteiger partial charge on any atom is 0.316 e. The molecule has 0 bridgehead atoms. The van der Waals surface area contributed by atoms with Crippen LogP contribution >= 0.6 is 0 Å². The molecule has 0 atom stereocenters. The number of primary amides is 1. The van der Waals surface area contributed by atoms with E-state index < -0.39 is 6.03 Å². The minimum Gasteiger partial charge on any atom is -0.351 e. The van der Waals surface area contributed by atoms with Gasteiger partial charge in [0.05, 0.1) is 0 Å². The second-order valence-corrected chi connectivity index (χ2v) is 4.35. The van der Waals surface area contributed by atoms with Crippen molar-refractivity contribution >= 4 is 11.7 Å². The first-order valence-corrected chi connectivity index (χ1v) is 6.37. The van der Waals surface area contributed by atoms with E-state index in [9.17, 15) is 4.79 Å². The van der Waals surface area contributed by atoms with Gasteiger partial charge in [-0.2, -0.15) is 0 Å². The van der Waals surface area contributed by atoms with Crippen LogP contribution < -0.4 is 11.1 Å². The number of anilines is 1. The summed E-state index contributed by atoms with van der Waals surface area (Å²) in [5.74, 6) is 0. The summed E-state index contributed by atoms with van der Waals surface area (Å²) >= 11 is 0. The highest BCUT2D eigenvalue weighted by Gasteiger charge is 1.97. The Morgan fingerprint density at radius 1 is 1.12 bits per heavy atom. The van der Waals surface area contributed by atoms with Crippen molar-refractivity contribution in [3.8, 4) is 0 Å². The van der Waals surface area contributed by atoms with Crippen LogP contribution in [0.5, 0.6) is 0 Å². The van der Waals surface area contributed by atoms with Gasteiger partial charge >= 0.3 is 6.03 Å². The first-order valence-electron chi connectivity index (χ1n) is 6.37. The Morgan fingerprint density at radius 3 is 2.35 bits per heavy atom. The van der Waals surface area contributed by atoms with E-state index in [2.05, 4.69) is 12.2 Å². The molecule has 3 nitrogen and oxygen atoms in total. The Hall–Kier alpha value is -1.51. The van der Waals surface area contributed by atoms with Gasteiger partial charge in [0.2, 0.25) is 0 Å². The van der Waals surface area contributed by atoms with Crippen molar-refractivity contribution in [2.75, 3.05) is 5.32 Å². The summed E-state index contributed by atoms with van der Waals surface area (Å²) in [4.78, 5) is 10.6. The van der Waals surface area contributed by atoms with Crippen LogP contribution in [0, 0.1) is 0 Å². The van der Waals surface area contributed by atoms with Crippen LogP contribution in [0.4, 0.5) is 10.5 Å². The van der Waals surface area contributed by atoms with E-state index in [-0.39, 0.29) is 0 Å². The van der Waals surface area contributed by atoms with E-state index in [1.165, 1.54) is 37.7 Å². The molecule has 0 aliphatic rings. The quantitative estimate of drug-likeness (QED) is 0.694. The third-order valence-corrected chi connectivity index (χ3v) is 2.79. The van der Waals surface area contributed by atoms with Gasteiger partial charge in [-0.3, -0.25) is 0 Å². The highest BCUT2D eigenvalue weighted by atomic mass is 16.2. The van der Waals surface area contributed by atoms with E-state index in [4.69, 9.17) is 5.73 Å². The zero-order valence-electron chi connectivity index (χ0n) is 10.5. The Labute approximate surface area is 103 Å². The average molecular weight is 234 g/mol.